The Labute approximate surface area is 123 Å². The molecule has 3 unspecified atom stereocenters. The summed E-state index contributed by atoms with van der Waals surface area (Å²) in [5, 5.41) is 3.72. The highest BCUT2D eigenvalue weighted by Crippen LogP contribution is 2.29. The molecule has 1 saturated heterocycles. The molecule has 3 atom stereocenters. The molecule has 0 aromatic rings. The van der Waals surface area contributed by atoms with Crippen LogP contribution < -0.4 is 5.32 Å². The Hall–Kier alpha value is -0.770. The second kappa shape index (κ2) is 5.92. The third kappa shape index (κ3) is 4.11. The molecule has 1 aliphatic carbocycles. The van der Waals surface area contributed by atoms with Gasteiger partial charge in [-0.2, -0.15) is 0 Å². The molecular formula is C16H30N2O2. The standard InChI is InChI=1S/C16H30N2O2/c1-11-6-7-14(12(2)8-11)17-13-9-18(10-13)15(19)20-16(3,4)5/h11-14,17H,6-10H2,1-5H3. The molecule has 1 amide bonds. The summed E-state index contributed by atoms with van der Waals surface area (Å²) in [5.41, 5.74) is -0.399. The van der Waals surface area contributed by atoms with Gasteiger partial charge in [0.05, 0.1) is 0 Å². The minimum atomic E-state index is -0.399. The quantitative estimate of drug-likeness (QED) is 0.846. The molecule has 0 radical (unpaired) electrons. The number of ether oxygens (including phenoxy) is 1. The van der Waals surface area contributed by atoms with Crippen molar-refractivity contribution in [2.24, 2.45) is 11.8 Å². The molecule has 2 aliphatic rings. The first-order chi connectivity index (χ1) is 9.24. The highest BCUT2D eigenvalue weighted by atomic mass is 16.6. The van der Waals surface area contributed by atoms with Crippen LogP contribution in [0.1, 0.15) is 53.9 Å². The van der Waals surface area contributed by atoms with Crippen LogP contribution in [0.4, 0.5) is 4.79 Å². The van der Waals surface area contributed by atoms with Gasteiger partial charge in [-0.05, 0) is 51.9 Å². The maximum atomic E-state index is 11.9. The van der Waals surface area contributed by atoms with Gasteiger partial charge in [0, 0.05) is 25.2 Å². The fourth-order valence-electron chi connectivity index (χ4n) is 3.28. The van der Waals surface area contributed by atoms with Crippen molar-refractivity contribution < 1.29 is 9.53 Å². The fourth-order valence-corrected chi connectivity index (χ4v) is 3.28. The van der Waals surface area contributed by atoms with Crippen molar-refractivity contribution in [3.8, 4) is 0 Å². The Balaban J connectivity index is 1.70. The van der Waals surface area contributed by atoms with E-state index in [0.717, 1.165) is 24.9 Å². The summed E-state index contributed by atoms with van der Waals surface area (Å²) in [4.78, 5) is 13.7. The second-order valence-electron chi connectivity index (χ2n) is 7.75. The van der Waals surface area contributed by atoms with Crippen LogP contribution in [0.15, 0.2) is 0 Å². The Morgan fingerprint density at radius 3 is 2.40 bits per heavy atom. The molecule has 116 valence electrons. The highest BCUT2D eigenvalue weighted by Gasteiger charge is 2.36. The molecule has 2 fully saturated rings. The summed E-state index contributed by atoms with van der Waals surface area (Å²) in [6, 6.07) is 1.07. The Bertz CT molecular complexity index is 345. The molecule has 1 N–H and O–H groups in total. The van der Waals surface area contributed by atoms with E-state index >= 15 is 0 Å². The number of hydrogen-bond acceptors (Lipinski definition) is 3. The number of amides is 1. The summed E-state index contributed by atoms with van der Waals surface area (Å²) < 4.78 is 5.37. The first-order valence-electron chi connectivity index (χ1n) is 7.98. The first-order valence-corrected chi connectivity index (χ1v) is 7.98. The van der Waals surface area contributed by atoms with Gasteiger partial charge in [0.2, 0.25) is 0 Å². The summed E-state index contributed by atoms with van der Waals surface area (Å²) in [6.45, 7) is 12.0. The molecule has 1 heterocycles. The molecule has 1 saturated carbocycles. The van der Waals surface area contributed by atoms with E-state index in [-0.39, 0.29) is 6.09 Å². The van der Waals surface area contributed by atoms with Gasteiger partial charge in [-0.15, -0.1) is 0 Å². The summed E-state index contributed by atoms with van der Waals surface area (Å²) in [7, 11) is 0. The van der Waals surface area contributed by atoms with Crippen LogP contribution in [0.5, 0.6) is 0 Å². The van der Waals surface area contributed by atoms with Gasteiger partial charge in [0.15, 0.2) is 0 Å². The number of nitrogens with zero attached hydrogens (tertiary/aromatic N) is 1. The van der Waals surface area contributed by atoms with Gasteiger partial charge in [0.25, 0.3) is 0 Å². The van der Waals surface area contributed by atoms with E-state index in [4.69, 9.17) is 4.74 Å². The number of rotatable bonds is 2. The normalized spacial score (nSPS) is 31.9. The maximum Gasteiger partial charge on any atom is 0.410 e. The molecule has 2 rings (SSSR count). The zero-order chi connectivity index (χ0) is 14.9. The lowest BCUT2D eigenvalue weighted by molar-refractivity contribution is 0.00245. The number of carbonyl (C=O) groups excluding carboxylic acids is 1. The fraction of sp³-hybridized carbons (Fsp3) is 0.938. The average Bonchev–Trinajstić information content (AvgIpc) is 2.22. The monoisotopic (exact) mass is 282 g/mol. The Morgan fingerprint density at radius 1 is 1.20 bits per heavy atom. The molecule has 4 nitrogen and oxygen atoms in total. The zero-order valence-corrected chi connectivity index (χ0v) is 13.6. The maximum absolute atomic E-state index is 11.9. The molecule has 0 aromatic carbocycles. The smallest absolute Gasteiger partial charge is 0.410 e. The van der Waals surface area contributed by atoms with E-state index in [9.17, 15) is 4.79 Å². The van der Waals surface area contributed by atoms with Crippen LogP contribution in [0, 0.1) is 11.8 Å². The molecule has 20 heavy (non-hydrogen) atoms. The number of carbonyl (C=O) groups is 1. The molecule has 0 spiro atoms. The van der Waals surface area contributed by atoms with Crippen LogP contribution in [-0.4, -0.2) is 41.8 Å². The van der Waals surface area contributed by atoms with E-state index < -0.39 is 5.60 Å². The lowest BCUT2D eigenvalue weighted by atomic mass is 9.79. The first kappa shape index (κ1) is 15.6. The van der Waals surface area contributed by atoms with Gasteiger partial charge in [-0.25, -0.2) is 4.79 Å². The highest BCUT2D eigenvalue weighted by molar-refractivity contribution is 5.69. The van der Waals surface area contributed by atoms with Crippen molar-refractivity contribution in [3.05, 3.63) is 0 Å². The van der Waals surface area contributed by atoms with Gasteiger partial charge in [-0.1, -0.05) is 13.8 Å². The Kier molecular flexibility index (Phi) is 4.62. The predicted molar refractivity (Wildman–Crippen MR) is 80.7 cm³/mol. The van der Waals surface area contributed by atoms with Crippen molar-refractivity contribution in [2.45, 2.75) is 71.6 Å². The van der Waals surface area contributed by atoms with Crippen LogP contribution in [-0.2, 0) is 4.74 Å². The largest absolute Gasteiger partial charge is 0.444 e. The van der Waals surface area contributed by atoms with Gasteiger partial charge in [-0.3, -0.25) is 0 Å². The molecule has 1 aliphatic heterocycles. The molecule has 0 bridgehead atoms. The summed E-state index contributed by atoms with van der Waals surface area (Å²) >= 11 is 0. The van der Waals surface area contributed by atoms with Crippen molar-refractivity contribution in [3.63, 3.8) is 0 Å². The van der Waals surface area contributed by atoms with E-state index in [1.165, 1.54) is 19.3 Å². The van der Waals surface area contributed by atoms with Crippen LogP contribution in [0.3, 0.4) is 0 Å². The minimum absolute atomic E-state index is 0.180. The van der Waals surface area contributed by atoms with E-state index in [0.29, 0.717) is 12.1 Å². The second-order valence-corrected chi connectivity index (χ2v) is 7.75. The van der Waals surface area contributed by atoms with Crippen LogP contribution >= 0.6 is 0 Å². The molecule has 0 aromatic heterocycles. The van der Waals surface area contributed by atoms with E-state index in [1.807, 2.05) is 20.8 Å². The van der Waals surface area contributed by atoms with Gasteiger partial charge in [0.1, 0.15) is 5.60 Å². The number of likely N-dealkylation sites (tertiary alicyclic amines) is 1. The van der Waals surface area contributed by atoms with Crippen molar-refractivity contribution in [1.82, 2.24) is 10.2 Å². The minimum Gasteiger partial charge on any atom is -0.444 e. The van der Waals surface area contributed by atoms with Gasteiger partial charge < -0.3 is 15.0 Å². The lowest BCUT2D eigenvalue weighted by Gasteiger charge is -2.44. The lowest BCUT2D eigenvalue weighted by Crippen LogP contribution is -2.63. The van der Waals surface area contributed by atoms with E-state index in [1.54, 1.807) is 4.90 Å². The number of hydrogen-bond donors (Lipinski definition) is 1. The summed E-state index contributed by atoms with van der Waals surface area (Å²) in [5.74, 6) is 1.61. The van der Waals surface area contributed by atoms with Crippen molar-refractivity contribution >= 4 is 6.09 Å². The summed E-state index contributed by atoms with van der Waals surface area (Å²) in [6.07, 6.45) is 3.73. The topological polar surface area (TPSA) is 41.6 Å². The zero-order valence-electron chi connectivity index (χ0n) is 13.6. The Morgan fingerprint density at radius 2 is 1.85 bits per heavy atom. The van der Waals surface area contributed by atoms with E-state index in [2.05, 4.69) is 19.2 Å². The molecule has 4 heteroatoms. The van der Waals surface area contributed by atoms with Crippen LogP contribution in [0.25, 0.3) is 0 Å². The van der Waals surface area contributed by atoms with Crippen LogP contribution in [0.2, 0.25) is 0 Å². The SMILES string of the molecule is CC1CCC(NC2CN(C(=O)OC(C)(C)C)C2)C(C)C1. The molecular weight excluding hydrogens is 252 g/mol. The number of nitrogens with one attached hydrogen (secondary N) is 1. The van der Waals surface area contributed by atoms with Crippen molar-refractivity contribution in [1.29, 1.82) is 0 Å². The third-order valence-corrected chi connectivity index (χ3v) is 4.41. The van der Waals surface area contributed by atoms with Gasteiger partial charge >= 0.3 is 6.09 Å². The average molecular weight is 282 g/mol. The third-order valence-electron chi connectivity index (χ3n) is 4.41. The predicted octanol–water partition coefficient (Wildman–Crippen LogP) is 3.02. The van der Waals surface area contributed by atoms with Crippen molar-refractivity contribution in [2.75, 3.05) is 13.1 Å².